The van der Waals surface area contributed by atoms with Gasteiger partial charge in [0.25, 0.3) is 0 Å². The van der Waals surface area contributed by atoms with E-state index in [4.69, 9.17) is 4.42 Å². The van der Waals surface area contributed by atoms with Crippen molar-refractivity contribution >= 4 is 0 Å². The van der Waals surface area contributed by atoms with Crippen LogP contribution in [0.5, 0.6) is 0 Å². The third-order valence-corrected chi connectivity index (χ3v) is 4.08. The predicted molar refractivity (Wildman–Crippen MR) is 78.2 cm³/mol. The van der Waals surface area contributed by atoms with Gasteiger partial charge < -0.3 is 14.6 Å². The monoisotopic (exact) mass is 265 g/mol. The lowest BCUT2D eigenvalue weighted by Gasteiger charge is -2.34. The molecule has 0 aromatic carbocycles. The Morgan fingerprint density at radius 3 is 2.63 bits per heavy atom. The Bertz CT molecular complexity index is 392. The lowest BCUT2D eigenvalue weighted by atomic mass is 10.0. The van der Waals surface area contributed by atoms with E-state index in [1.807, 2.05) is 7.05 Å². The second-order valence-electron chi connectivity index (χ2n) is 5.82. The largest absolute Gasteiger partial charge is 0.463 e. The normalized spacial score (nSPS) is 18.4. The van der Waals surface area contributed by atoms with Crippen LogP contribution in [0.1, 0.15) is 29.9 Å². The van der Waals surface area contributed by atoms with E-state index in [9.17, 15) is 0 Å². The summed E-state index contributed by atoms with van der Waals surface area (Å²) in [6.07, 6.45) is 2.52. The molecule has 1 aromatic heterocycles. The van der Waals surface area contributed by atoms with Crippen LogP contribution in [0.3, 0.4) is 0 Å². The zero-order chi connectivity index (χ0) is 13.8. The van der Waals surface area contributed by atoms with E-state index in [0.717, 1.165) is 30.7 Å². The quantitative estimate of drug-likeness (QED) is 0.880. The number of nitrogens with one attached hydrogen (secondary N) is 1. The number of piperidine rings is 1. The van der Waals surface area contributed by atoms with Crippen LogP contribution in [0.25, 0.3) is 0 Å². The zero-order valence-electron chi connectivity index (χ0n) is 12.7. The van der Waals surface area contributed by atoms with Gasteiger partial charge in [0.2, 0.25) is 0 Å². The van der Waals surface area contributed by atoms with Crippen molar-refractivity contribution in [1.82, 2.24) is 15.1 Å². The molecule has 1 aliphatic heterocycles. The van der Waals surface area contributed by atoms with Gasteiger partial charge in [0, 0.05) is 19.1 Å². The molecule has 4 heteroatoms. The minimum absolute atomic E-state index is 0.745. The third kappa shape index (κ3) is 3.81. The summed E-state index contributed by atoms with van der Waals surface area (Å²) in [5.41, 5.74) is 1.26. The van der Waals surface area contributed by atoms with E-state index in [0.29, 0.717) is 0 Å². The van der Waals surface area contributed by atoms with E-state index < -0.39 is 0 Å². The van der Waals surface area contributed by atoms with Crippen molar-refractivity contribution in [2.45, 2.75) is 38.9 Å². The average Bonchev–Trinajstić information content (AvgIpc) is 2.71. The van der Waals surface area contributed by atoms with Gasteiger partial charge in [-0.25, -0.2) is 0 Å². The summed E-state index contributed by atoms with van der Waals surface area (Å²) in [6.45, 7) is 6.23. The molecule has 0 radical (unpaired) electrons. The Kier molecular flexibility index (Phi) is 5.02. The molecule has 0 aliphatic carbocycles. The average molecular weight is 265 g/mol. The molecule has 1 fully saturated rings. The summed E-state index contributed by atoms with van der Waals surface area (Å²) in [6, 6.07) is 2.93. The van der Waals surface area contributed by atoms with Gasteiger partial charge in [-0.3, -0.25) is 4.90 Å². The first-order valence-corrected chi connectivity index (χ1v) is 7.21. The van der Waals surface area contributed by atoms with Gasteiger partial charge in [0.05, 0.1) is 13.1 Å². The Balaban J connectivity index is 1.87. The van der Waals surface area contributed by atoms with E-state index >= 15 is 0 Å². The van der Waals surface area contributed by atoms with Crippen molar-refractivity contribution in [2.24, 2.45) is 0 Å². The predicted octanol–water partition coefficient (Wildman–Crippen LogP) is 1.83. The third-order valence-electron chi connectivity index (χ3n) is 4.08. The molecule has 0 spiro atoms. The molecule has 1 aliphatic rings. The number of hydrogen-bond acceptors (Lipinski definition) is 4. The second-order valence-corrected chi connectivity index (χ2v) is 5.82. The molecule has 2 rings (SSSR count). The van der Waals surface area contributed by atoms with Crippen molar-refractivity contribution in [2.75, 3.05) is 34.2 Å². The molecular weight excluding hydrogens is 238 g/mol. The maximum Gasteiger partial charge on any atom is 0.120 e. The molecule has 2 heterocycles. The van der Waals surface area contributed by atoms with Crippen molar-refractivity contribution in [1.29, 1.82) is 0 Å². The first-order chi connectivity index (χ1) is 9.10. The number of furan rings is 1. The molecule has 1 aromatic rings. The standard InChI is InChI=1S/C15H27N3O/c1-12-9-14(19-15(12)10-16-2)11-18-7-5-13(6-8-18)17(3)4/h9,13,16H,5-8,10-11H2,1-4H3. The molecule has 0 atom stereocenters. The van der Waals surface area contributed by atoms with E-state index in [1.165, 1.54) is 31.5 Å². The Hall–Kier alpha value is -0.840. The summed E-state index contributed by atoms with van der Waals surface area (Å²) in [5, 5.41) is 3.15. The smallest absolute Gasteiger partial charge is 0.120 e. The van der Waals surface area contributed by atoms with Crippen LogP contribution in [0, 0.1) is 6.92 Å². The summed E-state index contributed by atoms with van der Waals surface area (Å²) < 4.78 is 5.92. The topological polar surface area (TPSA) is 31.7 Å². The first-order valence-electron chi connectivity index (χ1n) is 7.21. The van der Waals surface area contributed by atoms with Crippen LogP contribution >= 0.6 is 0 Å². The van der Waals surface area contributed by atoms with Crippen molar-refractivity contribution in [3.05, 3.63) is 23.2 Å². The van der Waals surface area contributed by atoms with E-state index in [-0.39, 0.29) is 0 Å². The van der Waals surface area contributed by atoms with Gasteiger partial charge >= 0.3 is 0 Å². The highest BCUT2D eigenvalue weighted by molar-refractivity contribution is 5.20. The molecule has 108 valence electrons. The van der Waals surface area contributed by atoms with Gasteiger partial charge in [0.1, 0.15) is 11.5 Å². The van der Waals surface area contributed by atoms with Crippen LogP contribution in [0.4, 0.5) is 0 Å². The highest BCUT2D eigenvalue weighted by Gasteiger charge is 2.21. The summed E-state index contributed by atoms with van der Waals surface area (Å²) >= 11 is 0. The van der Waals surface area contributed by atoms with Crippen LogP contribution in [-0.2, 0) is 13.1 Å². The van der Waals surface area contributed by atoms with Crippen LogP contribution in [-0.4, -0.2) is 50.1 Å². The molecule has 0 unspecified atom stereocenters. The molecule has 1 N–H and O–H groups in total. The van der Waals surface area contributed by atoms with Crippen LogP contribution in [0.2, 0.25) is 0 Å². The van der Waals surface area contributed by atoms with Gasteiger partial charge in [-0.05, 0) is 52.5 Å². The molecule has 0 amide bonds. The van der Waals surface area contributed by atoms with Gasteiger partial charge in [-0.2, -0.15) is 0 Å². The highest BCUT2D eigenvalue weighted by Crippen LogP contribution is 2.20. The number of hydrogen-bond donors (Lipinski definition) is 1. The summed E-state index contributed by atoms with van der Waals surface area (Å²) in [4.78, 5) is 4.85. The highest BCUT2D eigenvalue weighted by atomic mass is 16.3. The SMILES string of the molecule is CNCc1oc(CN2CCC(N(C)C)CC2)cc1C. The van der Waals surface area contributed by atoms with Crippen molar-refractivity contribution in [3.8, 4) is 0 Å². The van der Waals surface area contributed by atoms with E-state index in [2.05, 4.69) is 42.2 Å². The molecule has 1 saturated heterocycles. The maximum atomic E-state index is 5.92. The van der Waals surface area contributed by atoms with Gasteiger partial charge in [-0.15, -0.1) is 0 Å². The fourth-order valence-electron chi connectivity index (χ4n) is 2.82. The molecule has 19 heavy (non-hydrogen) atoms. The summed E-state index contributed by atoms with van der Waals surface area (Å²) in [7, 11) is 6.31. The van der Waals surface area contributed by atoms with Gasteiger partial charge in [-0.1, -0.05) is 0 Å². The minimum Gasteiger partial charge on any atom is -0.463 e. The minimum atomic E-state index is 0.745. The lowest BCUT2D eigenvalue weighted by molar-refractivity contribution is 0.133. The molecular formula is C15H27N3O. The number of likely N-dealkylation sites (tertiary alicyclic amines) is 1. The second kappa shape index (κ2) is 6.55. The Labute approximate surface area is 116 Å². The number of rotatable bonds is 5. The van der Waals surface area contributed by atoms with Crippen molar-refractivity contribution in [3.63, 3.8) is 0 Å². The number of nitrogens with zero attached hydrogens (tertiary/aromatic N) is 2. The lowest BCUT2D eigenvalue weighted by Crippen LogP contribution is -2.41. The number of aryl methyl sites for hydroxylation is 1. The summed E-state index contributed by atoms with van der Waals surface area (Å²) in [5.74, 6) is 2.17. The molecule has 0 saturated carbocycles. The Morgan fingerprint density at radius 1 is 1.37 bits per heavy atom. The fourth-order valence-corrected chi connectivity index (χ4v) is 2.82. The van der Waals surface area contributed by atoms with Crippen LogP contribution < -0.4 is 5.32 Å². The van der Waals surface area contributed by atoms with Crippen LogP contribution in [0.15, 0.2) is 10.5 Å². The van der Waals surface area contributed by atoms with Gasteiger partial charge in [0.15, 0.2) is 0 Å². The van der Waals surface area contributed by atoms with E-state index in [1.54, 1.807) is 0 Å². The maximum absolute atomic E-state index is 5.92. The fraction of sp³-hybridized carbons (Fsp3) is 0.733. The first kappa shape index (κ1) is 14.6. The zero-order valence-corrected chi connectivity index (χ0v) is 12.7. The van der Waals surface area contributed by atoms with Crippen molar-refractivity contribution < 1.29 is 4.42 Å². The molecule has 0 bridgehead atoms. The Morgan fingerprint density at radius 2 is 2.05 bits per heavy atom. The molecule has 4 nitrogen and oxygen atoms in total.